The Morgan fingerprint density at radius 2 is 1.75 bits per heavy atom. The van der Waals surface area contributed by atoms with Crippen LogP contribution in [0.3, 0.4) is 0 Å². The molecule has 2 heteroatoms. The van der Waals surface area contributed by atoms with Crippen LogP contribution in [0.5, 0.6) is 0 Å². The smallest absolute Gasteiger partial charge is 0.0441 e. The summed E-state index contributed by atoms with van der Waals surface area (Å²) in [6, 6.07) is 4.53. The van der Waals surface area contributed by atoms with Crippen LogP contribution in [0.2, 0.25) is 0 Å². The Balaban J connectivity index is 1.70. The minimum absolute atomic E-state index is 0.479. The molecule has 20 heavy (non-hydrogen) atoms. The highest BCUT2D eigenvalue weighted by molar-refractivity contribution is 5.33. The molecule has 0 spiro atoms. The maximum absolute atomic E-state index is 5.70. The van der Waals surface area contributed by atoms with Gasteiger partial charge < -0.3 is 5.73 Å². The average Bonchev–Trinajstić information content (AvgIpc) is 2.44. The normalized spacial score (nSPS) is 38.4. The van der Waals surface area contributed by atoms with E-state index in [9.17, 15) is 0 Å². The number of aromatic nitrogens is 1. The van der Waals surface area contributed by atoms with Crippen LogP contribution in [-0.2, 0) is 11.8 Å². The first-order chi connectivity index (χ1) is 9.79. The third-order valence-electron chi connectivity index (χ3n) is 6.12. The van der Waals surface area contributed by atoms with Gasteiger partial charge in [-0.2, -0.15) is 0 Å². The number of pyridine rings is 1. The molecule has 0 aliphatic heterocycles. The van der Waals surface area contributed by atoms with Gasteiger partial charge in [0, 0.05) is 11.9 Å². The van der Waals surface area contributed by atoms with Crippen molar-refractivity contribution in [2.45, 2.75) is 56.8 Å². The Hall–Kier alpha value is -0.890. The van der Waals surface area contributed by atoms with Crippen LogP contribution in [-0.4, -0.2) is 11.5 Å². The van der Waals surface area contributed by atoms with Crippen molar-refractivity contribution >= 4 is 0 Å². The molecule has 4 aliphatic rings. The van der Waals surface area contributed by atoms with Gasteiger partial charge in [0.2, 0.25) is 0 Å². The third kappa shape index (κ3) is 2.00. The van der Waals surface area contributed by atoms with E-state index in [0.717, 1.165) is 37.1 Å². The molecule has 0 saturated heterocycles. The fourth-order valence-corrected chi connectivity index (χ4v) is 5.83. The van der Waals surface area contributed by atoms with Crippen molar-refractivity contribution in [2.24, 2.45) is 23.5 Å². The topological polar surface area (TPSA) is 38.9 Å². The van der Waals surface area contributed by atoms with E-state index in [2.05, 4.69) is 12.1 Å². The lowest BCUT2D eigenvalue weighted by Gasteiger charge is -2.57. The van der Waals surface area contributed by atoms with Crippen LogP contribution in [0.4, 0.5) is 0 Å². The summed E-state index contributed by atoms with van der Waals surface area (Å²) in [6.45, 7) is 0.775. The molecule has 5 rings (SSSR count). The summed E-state index contributed by atoms with van der Waals surface area (Å²) in [5, 5.41) is 0. The largest absolute Gasteiger partial charge is 0.330 e. The molecule has 108 valence electrons. The molecular formula is C18H26N2. The Labute approximate surface area is 122 Å². The zero-order valence-electron chi connectivity index (χ0n) is 12.4. The fourth-order valence-electron chi connectivity index (χ4n) is 5.83. The van der Waals surface area contributed by atoms with E-state index in [1.54, 1.807) is 5.56 Å². The predicted molar refractivity (Wildman–Crippen MR) is 81.5 cm³/mol. The summed E-state index contributed by atoms with van der Waals surface area (Å²) in [4.78, 5) is 4.72. The molecule has 1 aromatic rings. The molecular weight excluding hydrogens is 244 g/mol. The Kier molecular flexibility index (Phi) is 3.10. The quantitative estimate of drug-likeness (QED) is 0.910. The maximum atomic E-state index is 5.70. The molecule has 1 aromatic heterocycles. The molecule has 2 nitrogen and oxygen atoms in total. The molecule has 0 aromatic carbocycles. The molecule has 0 unspecified atom stereocenters. The molecule has 0 radical (unpaired) electrons. The number of aryl methyl sites for hydroxylation is 1. The van der Waals surface area contributed by atoms with Gasteiger partial charge >= 0.3 is 0 Å². The molecule has 2 N–H and O–H groups in total. The zero-order chi connectivity index (χ0) is 13.6. The van der Waals surface area contributed by atoms with E-state index < -0.39 is 0 Å². The molecule has 4 aliphatic carbocycles. The van der Waals surface area contributed by atoms with Crippen LogP contribution < -0.4 is 5.73 Å². The van der Waals surface area contributed by atoms with Crippen LogP contribution in [0.1, 0.15) is 56.2 Å². The Morgan fingerprint density at radius 3 is 2.35 bits per heavy atom. The van der Waals surface area contributed by atoms with Crippen molar-refractivity contribution < 1.29 is 0 Å². The van der Waals surface area contributed by atoms with Gasteiger partial charge in [-0.3, -0.25) is 4.98 Å². The number of nitrogens with two attached hydrogens (primary N) is 1. The van der Waals surface area contributed by atoms with E-state index in [-0.39, 0.29) is 0 Å². The lowest BCUT2D eigenvalue weighted by atomic mass is 9.48. The van der Waals surface area contributed by atoms with Crippen molar-refractivity contribution in [1.82, 2.24) is 4.98 Å². The molecule has 0 amide bonds. The average molecular weight is 270 g/mol. The monoisotopic (exact) mass is 270 g/mol. The van der Waals surface area contributed by atoms with E-state index in [0.29, 0.717) is 5.41 Å². The number of hydrogen-bond donors (Lipinski definition) is 1. The second-order valence-electron chi connectivity index (χ2n) is 7.59. The second-order valence-corrected chi connectivity index (χ2v) is 7.59. The molecule has 4 saturated carbocycles. The summed E-state index contributed by atoms with van der Waals surface area (Å²) in [5.41, 5.74) is 9.12. The molecule has 4 fully saturated rings. The van der Waals surface area contributed by atoms with Gasteiger partial charge in [0.1, 0.15) is 0 Å². The highest BCUT2D eigenvalue weighted by Crippen LogP contribution is 2.61. The van der Waals surface area contributed by atoms with E-state index in [1.165, 1.54) is 44.2 Å². The summed E-state index contributed by atoms with van der Waals surface area (Å²) < 4.78 is 0. The van der Waals surface area contributed by atoms with Crippen molar-refractivity contribution in [3.8, 4) is 0 Å². The minimum atomic E-state index is 0.479. The van der Waals surface area contributed by atoms with Gasteiger partial charge in [0.25, 0.3) is 0 Å². The lowest BCUT2D eigenvalue weighted by molar-refractivity contribution is -0.00577. The van der Waals surface area contributed by atoms with Gasteiger partial charge in [-0.25, -0.2) is 0 Å². The number of hydrogen-bond acceptors (Lipinski definition) is 2. The Bertz CT molecular complexity index is 459. The van der Waals surface area contributed by atoms with Crippen LogP contribution in [0.15, 0.2) is 18.3 Å². The van der Waals surface area contributed by atoms with Crippen molar-refractivity contribution in [3.05, 3.63) is 29.6 Å². The van der Waals surface area contributed by atoms with Gasteiger partial charge in [-0.1, -0.05) is 6.07 Å². The third-order valence-corrected chi connectivity index (χ3v) is 6.12. The van der Waals surface area contributed by atoms with Gasteiger partial charge in [-0.05, 0) is 92.7 Å². The van der Waals surface area contributed by atoms with Crippen molar-refractivity contribution in [2.75, 3.05) is 6.54 Å². The number of rotatable bonds is 4. The SMILES string of the molecule is NCCCc1ncccc1C12CC3CC(CC(C3)C1)C2. The highest BCUT2D eigenvalue weighted by atomic mass is 14.7. The summed E-state index contributed by atoms with van der Waals surface area (Å²) in [5.74, 6) is 3.01. The van der Waals surface area contributed by atoms with Crippen molar-refractivity contribution in [3.63, 3.8) is 0 Å². The summed E-state index contributed by atoms with van der Waals surface area (Å²) in [7, 11) is 0. The summed E-state index contributed by atoms with van der Waals surface area (Å²) >= 11 is 0. The minimum Gasteiger partial charge on any atom is -0.330 e. The van der Waals surface area contributed by atoms with Gasteiger partial charge in [0.05, 0.1) is 0 Å². The first kappa shape index (κ1) is 12.8. The molecule has 0 atom stereocenters. The molecule has 4 bridgehead atoms. The van der Waals surface area contributed by atoms with E-state index in [1.807, 2.05) is 6.20 Å². The van der Waals surface area contributed by atoms with Crippen LogP contribution in [0.25, 0.3) is 0 Å². The van der Waals surface area contributed by atoms with Crippen molar-refractivity contribution in [1.29, 1.82) is 0 Å². The van der Waals surface area contributed by atoms with Crippen LogP contribution >= 0.6 is 0 Å². The zero-order valence-corrected chi connectivity index (χ0v) is 12.4. The molecule has 1 heterocycles. The van der Waals surface area contributed by atoms with Gasteiger partial charge in [-0.15, -0.1) is 0 Å². The first-order valence-electron chi connectivity index (χ1n) is 8.43. The fraction of sp³-hybridized carbons (Fsp3) is 0.722. The highest BCUT2D eigenvalue weighted by Gasteiger charge is 2.52. The maximum Gasteiger partial charge on any atom is 0.0441 e. The summed E-state index contributed by atoms with van der Waals surface area (Å²) in [6.07, 6.45) is 12.9. The first-order valence-corrected chi connectivity index (χ1v) is 8.43. The standard InChI is InChI=1S/C18H26N2/c19-5-1-4-17-16(3-2-6-20-17)18-10-13-7-14(11-18)9-15(8-13)12-18/h2-3,6,13-15H,1,4-5,7-12,19H2. The van der Waals surface area contributed by atoms with E-state index in [4.69, 9.17) is 10.7 Å². The Morgan fingerprint density at radius 1 is 1.10 bits per heavy atom. The van der Waals surface area contributed by atoms with Gasteiger partial charge in [0.15, 0.2) is 0 Å². The predicted octanol–water partition coefficient (Wildman–Crippen LogP) is 3.44. The van der Waals surface area contributed by atoms with Crippen LogP contribution in [0, 0.1) is 17.8 Å². The number of nitrogens with zero attached hydrogens (tertiary/aromatic N) is 1. The lowest BCUT2D eigenvalue weighted by Crippen LogP contribution is -2.49. The second kappa shape index (κ2) is 4.84. The van der Waals surface area contributed by atoms with E-state index >= 15 is 0 Å².